The first-order chi connectivity index (χ1) is 16.5. The molecule has 34 heavy (non-hydrogen) atoms. The van der Waals surface area contributed by atoms with Crippen molar-refractivity contribution in [2.45, 2.75) is 31.7 Å². The molecule has 0 unspecified atom stereocenters. The van der Waals surface area contributed by atoms with Gasteiger partial charge in [-0.3, -0.25) is 9.88 Å². The fraction of sp³-hybridized carbons (Fsp3) is 0.333. The molecule has 3 aromatic heterocycles. The zero-order chi connectivity index (χ0) is 23.5. The molecule has 1 saturated heterocycles. The molecule has 0 radical (unpaired) electrons. The molecular formula is C24H26N6O4. The highest BCUT2D eigenvalue weighted by Crippen LogP contribution is 2.35. The number of anilines is 1. The molecule has 2 N–H and O–H groups in total. The Kier molecular flexibility index (Phi) is 5.99. The van der Waals surface area contributed by atoms with E-state index in [2.05, 4.69) is 32.7 Å². The van der Waals surface area contributed by atoms with Gasteiger partial charge in [0, 0.05) is 48.9 Å². The summed E-state index contributed by atoms with van der Waals surface area (Å²) in [5.74, 6) is 2.21. The molecule has 0 atom stereocenters. The zero-order valence-electron chi connectivity index (χ0n) is 19.1. The van der Waals surface area contributed by atoms with Crippen LogP contribution in [-0.4, -0.2) is 46.0 Å². The molecule has 0 saturated carbocycles. The van der Waals surface area contributed by atoms with Crippen LogP contribution in [0.3, 0.4) is 0 Å². The third kappa shape index (κ3) is 4.50. The maximum absolute atomic E-state index is 12.9. The number of benzene rings is 1. The summed E-state index contributed by atoms with van der Waals surface area (Å²) in [5, 5.41) is 10.8. The van der Waals surface area contributed by atoms with Crippen molar-refractivity contribution in [2.75, 3.05) is 25.6 Å². The number of ether oxygens (including phenoxy) is 2. The van der Waals surface area contributed by atoms with Crippen LogP contribution in [0.5, 0.6) is 11.6 Å². The first-order valence-corrected chi connectivity index (χ1v) is 11.1. The quantitative estimate of drug-likeness (QED) is 0.440. The Morgan fingerprint density at radius 3 is 2.85 bits per heavy atom. The second-order valence-electron chi connectivity index (χ2n) is 8.57. The molecule has 1 aliphatic rings. The van der Waals surface area contributed by atoms with Gasteiger partial charge in [0.2, 0.25) is 5.88 Å². The van der Waals surface area contributed by atoms with Gasteiger partial charge in [-0.15, -0.1) is 0 Å². The van der Waals surface area contributed by atoms with Crippen LogP contribution in [-0.2, 0) is 16.7 Å². The van der Waals surface area contributed by atoms with Gasteiger partial charge in [0.25, 0.3) is 0 Å². The van der Waals surface area contributed by atoms with Crippen molar-refractivity contribution in [3.8, 4) is 11.6 Å². The summed E-state index contributed by atoms with van der Waals surface area (Å²) in [6.07, 6.45) is 4.89. The van der Waals surface area contributed by atoms with E-state index in [1.165, 1.54) is 10.9 Å². The number of rotatable bonds is 6. The number of amides is 1. The Balaban J connectivity index is 1.30. The van der Waals surface area contributed by atoms with Gasteiger partial charge in [-0.05, 0) is 44.2 Å². The Hall–Kier alpha value is -3.76. The van der Waals surface area contributed by atoms with E-state index in [4.69, 9.17) is 14.0 Å². The lowest BCUT2D eigenvalue weighted by Crippen LogP contribution is -2.30. The topological polar surface area (TPSA) is 116 Å². The fourth-order valence-electron chi connectivity index (χ4n) is 4.05. The largest absolute Gasteiger partial charge is 0.439 e. The smallest absolute Gasteiger partial charge is 0.331 e. The third-order valence-electron chi connectivity index (χ3n) is 6.10. The van der Waals surface area contributed by atoms with Crippen molar-refractivity contribution < 1.29 is 18.8 Å². The van der Waals surface area contributed by atoms with E-state index < -0.39 is 0 Å². The molecule has 4 heterocycles. The lowest BCUT2D eigenvalue weighted by atomic mass is 9.80. The van der Waals surface area contributed by atoms with Gasteiger partial charge in [0.05, 0.1) is 11.2 Å². The molecule has 10 heteroatoms. The maximum atomic E-state index is 12.9. The number of carbonyl (C=O) groups excluding carboxylic acids is 1. The van der Waals surface area contributed by atoms with Gasteiger partial charge >= 0.3 is 6.03 Å². The van der Waals surface area contributed by atoms with Crippen LogP contribution in [0, 0.1) is 0 Å². The second-order valence-corrected chi connectivity index (χ2v) is 8.57. The summed E-state index contributed by atoms with van der Waals surface area (Å²) < 4.78 is 18.4. The highest BCUT2D eigenvalue weighted by Gasteiger charge is 2.33. The number of hydrogen-bond acceptors (Lipinski definition) is 8. The van der Waals surface area contributed by atoms with Gasteiger partial charge < -0.3 is 19.3 Å². The number of carbonyl (C=O) groups is 1. The summed E-state index contributed by atoms with van der Waals surface area (Å²) in [5.41, 5.74) is 1.43. The summed E-state index contributed by atoms with van der Waals surface area (Å²) in [7, 11) is 1.85. The normalized spacial score (nSPS) is 15.4. The molecule has 1 aliphatic heterocycles. The number of aromatic nitrogens is 4. The van der Waals surface area contributed by atoms with Crippen molar-refractivity contribution in [1.29, 1.82) is 0 Å². The molecule has 4 aromatic rings. The standard InChI is InChI=1S/C24H26N6O4/c1-24(6-9-32-10-7-24)20-13-21(29-34-20)28-23(31)30-8-5-16-11-18(3-4-19(16)30)33-22-12-17(14-25-2)26-15-27-22/h3-5,8,11-13,15,25H,6-7,9-10,14H2,1-2H3,(H,28,29,31). The maximum Gasteiger partial charge on any atom is 0.331 e. The molecule has 0 spiro atoms. The van der Waals surface area contributed by atoms with Crippen LogP contribution in [0.15, 0.2) is 53.4 Å². The Labute approximate surface area is 196 Å². The van der Waals surface area contributed by atoms with Crippen molar-refractivity contribution in [3.63, 3.8) is 0 Å². The molecular weight excluding hydrogens is 436 g/mol. The monoisotopic (exact) mass is 462 g/mol. The van der Waals surface area contributed by atoms with Gasteiger partial charge in [-0.1, -0.05) is 12.1 Å². The van der Waals surface area contributed by atoms with Crippen LogP contribution in [0.2, 0.25) is 0 Å². The van der Waals surface area contributed by atoms with E-state index >= 15 is 0 Å². The first-order valence-electron chi connectivity index (χ1n) is 11.1. The van der Waals surface area contributed by atoms with Crippen LogP contribution < -0.4 is 15.4 Å². The Morgan fingerprint density at radius 1 is 1.18 bits per heavy atom. The van der Waals surface area contributed by atoms with E-state index in [0.29, 0.717) is 37.2 Å². The molecule has 0 aliphatic carbocycles. The predicted molar refractivity (Wildman–Crippen MR) is 125 cm³/mol. The SMILES string of the molecule is CNCc1cc(Oc2ccc3c(ccn3C(=O)Nc3cc(C4(C)CCOCC4)on3)c2)ncn1. The number of fused-ring (bicyclic) bond motifs is 1. The lowest BCUT2D eigenvalue weighted by molar-refractivity contribution is 0.0467. The summed E-state index contributed by atoms with van der Waals surface area (Å²) >= 11 is 0. The van der Waals surface area contributed by atoms with Crippen LogP contribution >= 0.6 is 0 Å². The van der Waals surface area contributed by atoms with Crippen LogP contribution in [0.4, 0.5) is 10.6 Å². The third-order valence-corrected chi connectivity index (χ3v) is 6.10. The van der Waals surface area contributed by atoms with Crippen LogP contribution in [0.25, 0.3) is 10.9 Å². The van der Waals surface area contributed by atoms with Crippen molar-refractivity contribution in [2.24, 2.45) is 0 Å². The minimum Gasteiger partial charge on any atom is -0.439 e. The average molecular weight is 463 g/mol. The number of nitrogens with one attached hydrogen (secondary N) is 2. The minimum absolute atomic E-state index is 0.137. The van der Waals surface area contributed by atoms with E-state index in [1.807, 2.05) is 25.2 Å². The van der Waals surface area contributed by atoms with Gasteiger partial charge in [-0.2, -0.15) is 0 Å². The summed E-state index contributed by atoms with van der Waals surface area (Å²) in [6.45, 7) is 4.13. The van der Waals surface area contributed by atoms with E-state index in [-0.39, 0.29) is 11.4 Å². The molecule has 1 aromatic carbocycles. The van der Waals surface area contributed by atoms with Gasteiger partial charge in [0.15, 0.2) is 5.82 Å². The molecule has 10 nitrogen and oxygen atoms in total. The highest BCUT2D eigenvalue weighted by atomic mass is 16.5. The second kappa shape index (κ2) is 9.24. The molecule has 5 rings (SSSR count). The van der Waals surface area contributed by atoms with E-state index in [1.54, 1.807) is 24.4 Å². The minimum atomic E-state index is -0.326. The van der Waals surface area contributed by atoms with Gasteiger partial charge in [0.1, 0.15) is 17.8 Å². The average Bonchev–Trinajstić information content (AvgIpc) is 3.47. The molecule has 176 valence electrons. The van der Waals surface area contributed by atoms with Crippen LogP contribution in [0.1, 0.15) is 31.2 Å². The van der Waals surface area contributed by atoms with E-state index in [0.717, 1.165) is 35.2 Å². The van der Waals surface area contributed by atoms with Gasteiger partial charge in [-0.25, -0.2) is 14.8 Å². The lowest BCUT2D eigenvalue weighted by Gasteiger charge is -2.30. The fourth-order valence-corrected chi connectivity index (χ4v) is 4.05. The van der Waals surface area contributed by atoms with Crippen molar-refractivity contribution >= 4 is 22.8 Å². The van der Waals surface area contributed by atoms with E-state index in [9.17, 15) is 4.79 Å². The number of hydrogen-bond donors (Lipinski definition) is 2. The van der Waals surface area contributed by atoms with Crippen molar-refractivity contribution in [3.05, 3.63) is 60.4 Å². The first kappa shape index (κ1) is 22.1. The zero-order valence-corrected chi connectivity index (χ0v) is 19.1. The highest BCUT2D eigenvalue weighted by molar-refractivity contribution is 5.98. The number of nitrogens with zero attached hydrogens (tertiary/aromatic N) is 4. The Morgan fingerprint density at radius 2 is 2.03 bits per heavy atom. The molecule has 1 amide bonds. The Bertz CT molecular complexity index is 1310. The summed E-state index contributed by atoms with van der Waals surface area (Å²) in [4.78, 5) is 21.3. The predicted octanol–water partition coefficient (Wildman–Crippen LogP) is 4.08. The van der Waals surface area contributed by atoms with Crippen molar-refractivity contribution in [1.82, 2.24) is 25.0 Å². The summed E-state index contributed by atoms with van der Waals surface area (Å²) in [6, 6.07) is 10.6. The molecule has 1 fully saturated rings. The molecule has 0 bridgehead atoms.